The van der Waals surface area contributed by atoms with Gasteiger partial charge in [0.1, 0.15) is 0 Å². The minimum absolute atomic E-state index is 0.175. The van der Waals surface area contributed by atoms with E-state index in [1.807, 2.05) is 0 Å². The molecule has 0 aliphatic heterocycles. The molecule has 0 aliphatic carbocycles. The third-order valence-corrected chi connectivity index (χ3v) is 2.50. The van der Waals surface area contributed by atoms with Crippen LogP contribution >= 0.6 is 0 Å². The minimum Gasteiger partial charge on any atom is -0.166 e. The highest BCUT2D eigenvalue weighted by Crippen LogP contribution is 2.35. The average Bonchev–Trinajstić information content (AvgIpc) is 2.37. The van der Waals surface area contributed by atoms with Crippen LogP contribution in [0, 0.1) is 0 Å². The molecule has 92 valence electrons. The Morgan fingerprint density at radius 1 is 0.778 bits per heavy atom. The molecule has 0 aromatic heterocycles. The summed E-state index contributed by atoms with van der Waals surface area (Å²) in [7, 11) is 0. The monoisotopic (exact) mass is 248 g/mol. The molecule has 0 atom stereocenters. The maximum atomic E-state index is 13.0. The molecule has 0 heterocycles. The minimum atomic E-state index is -4.36. The van der Waals surface area contributed by atoms with E-state index >= 15 is 0 Å². The largest absolute Gasteiger partial charge is 0.417 e. The van der Waals surface area contributed by atoms with Gasteiger partial charge < -0.3 is 0 Å². The molecular formula is C15H11F3. The fourth-order valence-corrected chi connectivity index (χ4v) is 1.66. The Bertz CT molecular complexity index is 525. The standard InChI is InChI=1S/C15H11F3/c16-15(17,18)14(13-9-5-2-6-10-13)11-12-7-3-1-4-8-12/h1-11H/b14-11+. The highest BCUT2D eigenvalue weighted by Gasteiger charge is 2.34. The molecule has 0 bridgehead atoms. The molecule has 0 saturated carbocycles. The molecule has 0 N–H and O–H groups in total. The van der Waals surface area contributed by atoms with Crippen molar-refractivity contribution in [1.82, 2.24) is 0 Å². The van der Waals surface area contributed by atoms with Gasteiger partial charge in [-0.25, -0.2) is 0 Å². The Hall–Kier alpha value is -2.03. The van der Waals surface area contributed by atoms with Gasteiger partial charge in [0, 0.05) is 0 Å². The fraction of sp³-hybridized carbons (Fsp3) is 0.0667. The van der Waals surface area contributed by atoms with Crippen LogP contribution in [0.2, 0.25) is 0 Å². The summed E-state index contributed by atoms with van der Waals surface area (Å²) in [6.07, 6.45) is -3.20. The Kier molecular flexibility index (Phi) is 3.51. The molecule has 2 aromatic rings. The highest BCUT2D eigenvalue weighted by atomic mass is 19.4. The molecule has 0 fully saturated rings. The summed E-state index contributed by atoms with van der Waals surface area (Å²) in [5, 5.41) is 0. The van der Waals surface area contributed by atoms with Crippen LogP contribution in [-0.2, 0) is 0 Å². The fourth-order valence-electron chi connectivity index (χ4n) is 1.66. The number of hydrogen-bond acceptors (Lipinski definition) is 0. The second kappa shape index (κ2) is 5.08. The number of halogens is 3. The van der Waals surface area contributed by atoms with Gasteiger partial charge in [0.15, 0.2) is 0 Å². The van der Waals surface area contributed by atoms with Crippen molar-refractivity contribution in [2.75, 3.05) is 0 Å². The van der Waals surface area contributed by atoms with Crippen LogP contribution in [0.15, 0.2) is 60.7 Å². The molecule has 0 aliphatic rings. The molecule has 2 aromatic carbocycles. The number of allylic oxidation sites excluding steroid dienone is 1. The van der Waals surface area contributed by atoms with Crippen LogP contribution in [-0.4, -0.2) is 6.18 Å². The van der Waals surface area contributed by atoms with E-state index in [9.17, 15) is 13.2 Å². The molecule has 0 amide bonds. The Balaban J connectivity index is 2.48. The van der Waals surface area contributed by atoms with E-state index in [-0.39, 0.29) is 5.56 Å². The van der Waals surface area contributed by atoms with Gasteiger partial charge in [0.2, 0.25) is 0 Å². The van der Waals surface area contributed by atoms with E-state index in [0.717, 1.165) is 6.08 Å². The van der Waals surface area contributed by atoms with Crippen molar-refractivity contribution in [1.29, 1.82) is 0 Å². The zero-order valence-electron chi connectivity index (χ0n) is 9.48. The van der Waals surface area contributed by atoms with Gasteiger partial charge >= 0.3 is 6.18 Å². The molecule has 18 heavy (non-hydrogen) atoms. The van der Waals surface area contributed by atoms with Crippen LogP contribution in [0.1, 0.15) is 11.1 Å². The van der Waals surface area contributed by atoms with Crippen molar-refractivity contribution < 1.29 is 13.2 Å². The van der Waals surface area contributed by atoms with Crippen molar-refractivity contribution in [3.05, 3.63) is 71.8 Å². The summed E-state index contributed by atoms with van der Waals surface area (Å²) in [5.41, 5.74) is 0.0804. The molecule has 0 unspecified atom stereocenters. The summed E-state index contributed by atoms with van der Waals surface area (Å²) >= 11 is 0. The molecule has 3 heteroatoms. The van der Waals surface area contributed by atoms with E-state index in [1.165, 1.54) is 12.1 Å². The average molecular weight is 248 g/mol. The summed E-state index contributed by atoms with van der Waals surface area (Å²) in [6.45, 7) is 0. The predicted octanol–water partition coefficient (Wildman–Crippen LogP) is 4.79. The van der Waals surface area contributed by atoms with Crippen LogP contribution < -0.4 is 0 Å². The van der Waals surface area contributed by atoms with Gasteiger partial charge in [-0.1, -0.05) is 60.7 Å². The Morgan fingerprint density at radius 3 is 1.78 bits per heavy atom. The molecule has 0 nitrogen and oxygen atoms in total. The highest BCUT2D eigenvalue weighted by molar-refractivity contribution is 5.84. The number of alkyl halides is 3. The molecular weight excluding hydrogens is 237 g/mol. The summed E-state index contributed by atoms with van der Waals surface area (Å²) in [6, 6.07) is 16.3. The van der Waals surface area contributed by atoms with Crippen LogP contribution in [0.3, 0.4) is 0 Å². The van der Waals surface area contributed by atoms with Crippen molar-refractivity contribution in [2.24, 2.45) is 0 Å². The quantitative estimate of drug-likeness (QED) is 0.670. The van der Waals surface area contributed by atoms with E-state index in [4.69, 9.17) is 0 Å². The van der Waals surface area contributed by atoms with E-state index in [2.05, 4.69) is 0 Å². The molecule has 0 spiro atoms. The SMILES string of the molecule is FC(F)(F)/C(=C/c1ccccc1)c1ccccc1. The normalized spacial score (nSPS) is 12.5. The third kappa shape index (κ3) is 3.00. The van der Waals surface area contributed by atoms with Crippen LogP contribution in [0.5, 0.6) is 0 Å². The maximum Gasteiger partial charge on any atom is 0.417 e. The lowest BCUT2D eigenvalue weighted by Gasteiger charge is -2.12. The summed E-state index contributed by atoms with van der Waals surface area (Å²) in [4.78, 5) is 0. The topological polar surface area (TPSA) is 0 Å². The van der Waals surface area contributed by atoms with Crippen molar-refractivity contribution >= 4 is 11.6 Å². The summed E-state index contributed by atoms with van der Waals surface area (Å²) < 4.78 is 39.1. The van der Waals surface area contributed by atoms with E-state index in [1.54, 1.807) is 48.5 Å². The predicted molar refractivity (Wildman–Crippen MR) is 66.8 cm³/mol. The van der Waals surface area contributed by atoms with E-state index in [0.29, 0.717) is 5.56 Å². The van der Waals surface area contributed by atoms with Crippen molar-refractivity contribution in [2.45, 2.75) is 6.18 Å². The van der Waals surface area contributed by atoms with Crippen LogP contribution in [0.4, 0.5) is 13.2 Å². The number of hydrogen-bond donors (Lipinski definition) is 0. The molecule has 0 saturated heterocycles. The maximum absolute atomic E-state index is 13.0. The lowest BCUT2D eigenvalue weighted by atomic mass is 10.0. The first-order chi connectivity index (χ1) is 8.57. The first-order valence-electron chi connectivity index (χ1n) is 5.47. The zero-order valence-corrected chi connectivity index (χ0v) is 9.48. The lowest BCUT2D eigenvalue weighted by molar-refractivity contribution is -0.0683. The van der Waals surface area contributed by atoms with Gasteiger partial charge in [-0.3, -0.25) is 0 Å². The Morgan fingerprint density at radius 2 is 1.28 bits per heavy atom. The van der Waals surface area contributed by atoms with Gasteiger partial charge in [-0.05, 0) is 17.2 Å². The zero-order chi connectivity index (χ0) is 13.0. The molecule has 0 radical (unpaired) electrons. The smallest absolute Gasteiger partial charge is 0.166 e. The summed E-state index contributed by atoms with van der Waals surface area (Å²) in [5.74, 6) is 0. The van der Waals surface area contributed by atoms with Gasteiger partial charge in [-0.2, -0.15) is 13.2 Å². The van der Waals surface area contributed by atoms with Crippen LogP contribution in [0.25, 0.3) is 11.6 Å². The van der Waals surface area contributed by atoms with Crippen molar-refractivity contribution in [3.8, 4) is 0 Å². The lowest BCUT2D eigenvalue weighted by Crippen LogP contribution is -2.10. The van der Waals surface area contributed by atoms with E-state index < -0.39 is 11.7 Å². The number of rotatable bonds is 2. The van der Waals surface area contributed by atoms with Gasteiger partial charge in [0.05, 0.1) is 5.57 Å². The van der Waals surface area contributed by atoms with Gasteiger partial charge in [0.25, 0.3) is 0 Å². The number of benzene rings is 2. The second-order valence-corrected chi connectivity index (χ2v) is 3.83. The second-order valence-electron chi connectivity index (χ2n) is 3.83. The molecule has 2 rings (SSSR count). The Labute approximate surface area is 103 Å². The van der Waals surface area contributed by atoms with Gasteiger partial charge in [-0.15, -0.1) is 0 Å². The first-order valence-corrected chi connectivity index (χ1v) is 5.47. The first kappa shape index (κ1) is 12.4. The van der Waals surface area contributed by atoms with Crippen molar-refractivity contribution in [3.63, 3.8) is 0 Å². The third-order valence-electron chi connectivity index (χ3n) is 2.50.